The number of aliphatic hydroxyl groups is 1. The quantitative estimate of drug-likeness (QED) is 0.725. The van der Waals surface area contributed by atoms with E-state index in [1.54, 1.807) is 0 Å². The van der Waals surface area contributed by atoms with Crippen LogP contribution >= 0.6 is 0 Å². The van der Waals surface area contributed by atoms with Crippen LogP contribution in [-0.4, -0.2) is 10.1 Å². The zero-order chi connectivity index (χ0) is 10.0. The predicted molar refractivity (Wildman–Crippen MR) is 39.8 cm³/mol. The predicted octanol–water partition coefficient (Wildman–Crippen LogP) is 1.96. The number of halogens is 3. The summed E-state index contributed by atoms with van der Waals surface area (Å²) in [6.45, 7) is 0.670. The lowest BCUT2D eigenvalue weighted by Crippen LogP contribution is -2.02. The normalized spacial score (nSPS) is 10.9. The summed E-state index contributed by atoms with van der Waals surface area (Å²) in [7, 11) is 0. The number of aryl methyl sites for hydroxylation is 1. The monoisotopic (exact) mass is 191 g/mol. The molecule has 0 aliphatic carbocycles. The first-order chi connectivity index (χ1) is 6.06. The van der Waals surface area contributed by atoms with Crippen molar-refractivity contribution in [2.24, 2.45) is 0 Å². The van der Waals surface area contributed by atoms with Crippen molar-refractivity contribution < 1.29 is 18.3 Å². The first kappa shape index (κ1) is 9.98. The third kappa shape index (κ3) is 1.98. The molecule has 0 atom stereocenters. The molecule has 2 nitrogen and oxygen atoms in total. The molecule has 0 saturated carbocycles. The molecular formula is C8H8F3NO. The molecule has 72 valence electrons. The Labute approximate surface area is 73.0 Å². The van der Waals surface area contributed by atoms with E-state index in [0.29, 0.717) is 0 Å². The van der Waals surface area contributed by atoms with Crippen LogP contribution in [-0.2, 0) is 6.61 Å². The summed E-state index contributed by atoms with van der Waals surface area (Å²) in [6.07, 6.45) is -2.74. The third-order valence-electron chi connectivity index (χ3n) is 1.69. The first-order valence-corrected chi connectivity index (χ1v) is 3.61. The Balaban J connectivity index is 3.30. The Morgan fingerprint density at radius 2 is 2.15 bits per heavy atom. The van der Waals surface area contributed by atoms with E-state index in [1.165, 1.54) is 6.92 Å². The largest absolute Gasteiger partial charge is 0.392 e. The van der Waals surface area contributed by atoms with Crippen molar-refractivity contribution in [1.29, 1.82) is 0 Å². The van der Waals surface area contributed by atoms with Gasteiger partial charge in [0.2, 0.25) is 5.95 Å². The smallest absolute Gasteiger partial charge is 0.265 e. The van der Waals surface area contributed by atoms with E-state index in [0.717, 1.165) is 6.07 Å². The van der Waals surface area contributed by atoms with Gasteiger partial charge in [-0.15, -0.1) is 0 Å². The van der Waals surface area contributed by atoms with Crippen LogP contribution in [0.15, 0.2) is 6.07 Å². The van der Waals surface area contributed by atoms with Gasteiger partial charge in [-0.2, -0.15) is 4.39 Å². The highest BCUT2D eigenvalue weighted by molar-refractivity contribution is 5.30. The van der Waals surface area contributed by atoms with Gasteiger partial charge in [-0.05, 0) is 18.6 Å². The fraction of sp³-hybridized carbons (Fsp3) is 0.375. The zero-order valence-corrected chi connectivity index (χ0v) is 6.89. The van der Waals surface area contributed by atoms with Gasteiger partial charge in [-0.25, -0.2) is 13.8 Å². The highest BCUT2D eigenvalue weighted by Gasteiger charge is 2.17. The number of alkyl halides is 2. The molecule has 0 aliphatic heterocycles. The lowest BCUT2D eigenvalue weighted by atomic mass is 10.1. The van der Waals surface area contributed by atoms with Gasteiger partial charge in [0.25, 0.3) is 6.43 Å². The molecular weight excluding hydrogens is 183 g/mol. The fourth-order valence-electron chi connectivity index (χ4n) is 1.14. The van der Waals surface area contributed by atoms with Crippen LogP contribution in [0.1, 0.15) is 23.2 Å². The van der Waals surface area contributed by atoms with E-state index in [9.17, 15) is 13.2 Å². The Kier molecular flexibility index (Phi) is 2.87. The fourth-order valence-corrected chi connectivity index (χ4v) is 1.14. The molecule has 0 unspecified atom stereocenters. The maximum absolute atomic E-state index is 12.6. The lowest BCUT2D eigenvalue weighted by molar-refractivity contribution is 0.145. The number of nitrogens with zero attached hydrogens (tertiary/aromatic N) is 1. The van der Waals surface area contributed by atoms with E-state index in [-0.39, 0.29) is 16.8 Å². The Morgan fingerprint density at radius 3 is 2.62 bits per heavy atom. The van der Waals surface area contributed by atoms with Crippen molar-refractivity contribution in [3.63, 3.8) is 0 Å². The molecule has 0 spiro atoms. The average molecular weight is 191 g/mol. The minimum absolute atomic E-state index is 0.0842. The number of pyridine rings is 1. The molecule has 0 fully saturated rings. The summed E-state index contributed by atoms with van der Waals surface area (Å²) in [5, 5.41) is 8.69. The van der Waals surface area contributed by atoms with Crippen LogP contribution in [0.2, 0.25) is 0 Å². The van der Waals surface area contributed by atoms with Gasteiger partial charge in [-0.3, -0.25) is 0 Å². The van der Waals surface area contributed by atoms with Crippen molar-refractivity contribution >= 4 is 0 Å². The molecule has 0 saturated heterocycles. The van der Waals surface area contributed by atoms with Crippen molar-refractivity contribution in [2.75, 3.05) is 0 Å². The molecule has 0 radical (unpaired) electrons. The van der Waals surface area contributed by atoms with Gasteiger partial charge >= 0.3 is 0 Å². The SMILES string of the molecule is Cc1nc(F)cc(CO)c1C(F)F. The zero-order valence-electron chi connectivity index (χ0n) is 6.89. The van der Waals surface area contributed by atoms with E-state index < -0.39 is 19.0 Å². The summed E-state index contributed by atoms with van der Waals surface area (Å²) < 4.78 is 37.3. The van der Waals surface area contributed by atoms with E-state index in [2.05, 4.69) is 4.98 Å². The van der Waals surface area contributed by atoms with Gasteiger partial charge in [0.1, 0.15) is 0 Å². The van der Waals surface area contributed by atoms with Gasteiger partial charge in [-0.1, -0.05) is 0 Å². The number of hydrogen-bond donors (Lipinski definition) is 1. The minimum Gasteiger partial charge on any atom is -0.392 e. The molecule has 0 amide bonds. The van der Waals surface area contributed by atoms with E-state index in [4.69, 9.17) is 5.11 Å². The molecule has 13 heavy (non-hydrogen) atoms. The summed E-state index contributed by atoms with van der Waals surface area (Å²) in [6, 6.07) is 0.814. The summed E-state index contributed by atoms with van der Waals surface area (Å²) in [5.74, 6) is -0.856. The molecule has 0 aromatic carbocycles. The van der Waals surface area contributed by atoms with Crippen LogP contribution in [0.4, 0.5) is 13.2 Å². The highest BCUT2D eigenvalue weighted by Crippen LogP contribution is 2.25. The first-order valence-electron chi connectivity index (χ1n) is 3.61. The Hall–Kier alpha value is -1.10. The van der Waals surface area contributed by atoms with Crippen LogP contribution in [0.25, 0.3) is 0 Å². The molecule has 5 heteroatoms. The van der Waals surface area contributed by atoms with Gasteiger partial charge < -0.3 is 5.11 Å². The average Bonchev–Trinajstić information content (AvgIpc) is 2.01. The van der Waals surface area contributed by atoms with Crippen molar-refractivity contribution in [3.8, 4) is 0 Å². The Morgan fingerprint density at radius 1 is 1.54 bits per heavy atom. The highest BCUT2D eigenvalue weighted by atomic mass is 19.3. The maximum atomic E-state index is 12.6. The number of aromatic nitrogens is 1. The third-order valence-corrected chi connectivity index (χ3v) is 1.69. The number of hydrogen-bond acceptors (Lipinski definition) is 2. The van der Waals surface area contributed by atoms with Gasteiger partial charge in [0.15, 0.2) is 0 Å². The van der Waals surface area contributed by atoms with E-state index in [1.807, 2.05) is 0 Å². The molecule has 1 aromatic rings. The Bertz CT molecular complexity index is 315. The molecule has 1 heterocycles. The van der Waals surface area contributed by atoms with Crippen molar-refractivity contribution in [1.82, 2.24) is 4.98 Å². The molecule has 0 bridgehead atoms. The summed E-state index contributed by atoms with van der Waals surface area (Å²) >= 11 is 0. The maximum Gasteiger partial charge on any atom is 0.265 e. The number of aliphatic hydroxyl groups excluding tert-OH is 1. The second-order valence-corrected chi connectivity index (χ2v) is 2.56. The minimum atomic E-state index is -2.74. The standard InChI is InChI=1S/C8H8F3NO/c1-4-7(8(10)11)5(3-13)2-6(9)12-4/h2,8,13H,3H2,1H3. The molecule has 1 N–H and O–H groups in total. The van der Waals surface area contributed by atoms with Gasteiger partial charge in [0, 0.05) is 11.3 Å². The summed E-state index contributed by atoms with van der Waals surface area (Å²) in [4.78, 5) is 3.25. The number of rotatable bonds is 2. The van der Waals surface area contributed by atoms with Crippen molar-refractivity contribution in [3.05, 3.63) is 28.8 Å². The van der Waals surface area contributed by atoms with Crippen LogP contribution in [0.5, 0.6) is 0 Å². The van der Waals surface area contributed by atoms with Crippen molar-refractivity contribution in [2.45, 2.75) is 20.0 Å². The second-order valence-electron chi connectivity index (χ2n) is 2.56. The topological polar surface area (TPSA) is 33.1 Å². The van der Waals surface area contributed by atoms with Crippen LogP contribution in [0.3, 0.4) is 0 Å². The second kappa shape index (κ2) is 3.74. The van der Waals surface area contributed by atoms with Crippen LogP contribution < -0.4 is 0 Å². The van der Waals surface area contributed by atoms with Gasteiger partial charge in [0.05, 0.1) is 6.61 Å². The van der Waals surface area contributed by atoms with Crippen LogP contribution in [0, 0.1) is 12.9 Å². The van der Waals surface area contributed by atoms with E-state index >= 15 is 0 Å². The molecule has 1 rings (SSSR count). The molecule has 0 aliphatic rings. The lowest BCUT2D eigenvalue weighted by Gasteiger charge is -2.08. The molecule has 1 aromatic heterocycles. The summed E-state index contributed by atoms with van der Waals surface area (Å²) in [5.41, 5.74) is -0.581.